The van der Waals surface area contributed by atoms with E-state index in [0.29, 0.717) is 10.9 Å². The Morgan fingerprint density at radius 2 is 1.77 bits per heavy atom. The Morgan fingerprint density at radius 1 is 1.05 bits per heavy atom. The first-order valence-corrected chi connectivity index (χ1v) is 8.48. The highest BCUT2D eigenvalue weighted by Crippen LogP contribution is 2.35. The van der Waals surface area contributed by atoms with Gasteiger partial charge >= 0.3 is 0 Å². The summed E-state index contributed by atoms with van der Waals surface area (Å²) in [6.45, 7) is 6.53. The Hall–Kier alpha value is -1.61. The number of nitrogens with zero attached hydrogens (tertiary/aromatic N) is 1. The molecule has 1 aromatic carbocycles. The molecule has 1 N–H and O–H groups in total. The summed E-state index contributed by atoms with van der Waals surface area (Å²) in [4.78, 5) is 2.42. The van der Waals surface area contributed by atoms with Gasteiger partial charge in [-0.1, -0.05) is 44.4 Å². The fourth-order valence-corrected chi connectivity index (χ4v) is 2.64. The van der Waals surface area contributed by atoms with Gasteiger partial charge in [0.15, 0.2) is 5.88 Å². The van der Waals surface area contributed by atoms with Crippen molar-refractivity contribution in [3.63, 3.8) is 0 Å². The van der Waals surface area contributed by atoms with Gasteiger partial charge in [0.1, 0.15) is 0 Å². The first-order valence-electron chi connectivity index (χ1n) is 8.10. The summed E-state index contributed by atoms with van der Waals surface area (Å²) in [6.07, 6.45) is 6.38. The van der Waals surface area contributed by atoms with E-state index >= 15 is 0 Å². The van der Waals surface area contributed by atoms with Gasteiger partial charge in [-0.3, -0.25) is 0 Å². The second-order valence-electron chi connectivity index (χ2n) is 5.43. The summed E-state index contributed by atoms with van der Waals surface area (Å²) in [6, 6.07) is 9.81. The lowest BCUT2D eigenvalue weighted by Crippen LogP contribution is -2.26. The molecule has 0 atom stereocenters. The fraction of sp³-hybridized carbons (Fsp3) is 0.444. The average molecular weight is 321 g/mol. The zero-order chi connectivity index (χ0) is 15.8. The molecule has 0 aliphatic rings. The molecule has 120 valence electrons. The summed E-state index contributed by atoms with van der Waals surface area (Å²) in [7, 11) is 0. The molecule has 0 spiro atoms. The molecule has 0 unspecified atom stereocenters. The summed E-state index contributed by atoms with van der Waals surface area (Å²) in [5.74, 6) is 0.709. The van der Waals surface area contributed by atoms with E-state index in [1.54, 1.807) is 6.26 Å². The Kier molecular flexibility index (Phi) is 6.66. The smallest absolute Gasteiger partial charge is 0.197 e. The fourth-order valence-electron chi connectivity index (χ4n) is 2.42. The molecule has 0 radical (unpaired) electrons. The molecule has 0 saturated heterocycles. The van der Waals surface area contributed by atoms with Crippen LogP contribution in [-0.2, 0) is 0 Å². The highest BCUT2D eigenvalue weighted by atomic mass is 35.5. The van der Waals surface area contributed by atoms with Crippen LogP contribution in [0.15, 0.2) is 41.0 Å². The van der Waals surface area contributed by atoms with Crippen molar-refractivity contribution < 1.29 is 4.42 Å². The van der Waals surface area contributed by atoms with Crippen LogP contribution in [0.4, 0.5) is 17.3 Å². The van der Waals surface area contributed by atoms with Gasteiger partial charge in [0.05, 0.1) is 22.7 Å². The minimum Gasteiger partial charge on any atom is -0.449 e. The number of halogens is 1. The van der Waals surface area contributed by atoms with Crippen molar-refractivity contribution in [2.24, 2.45) is 0 Å². The van der Waals surface area contributed by atoms with Crippen molar-refractivity contribution >= 4 is 28.9 Å². The van der Waals surface area contributed by atoms with Gasteiger partial charge in [0.2, 0.25) is 0 Å². The number of furan rings is 1. The van der Waals surface area contributed by atoms with Gasteiger partial charge in [0.25, 0.3) is 0 Å². The van der Waals surface area contributed by atoms with Gasteiger partial charge in [-0.25, -0.2) is 0 Å². The summed E-state index contributed by atoms with van der Waals surface area (Å²) in [5, 5.41) is 4.03. The second-order valence-corrected chi connectivity index (χ2v) is 5.84. The largest absolute Gasteiger partial charge is 0.449 e. The van der Waals surface area contributed by atoms with Gasteiger partial charge in [-0.15, -0.1) is 0 Å². The summed E-state index contributed by atoms with van der Waals surface area (Å²) >= 11 is 6.43. The van der Waals surface area contributed by atoms with Crippen LogP contribution in [0.3, 0.4) is 0 Å². The van der Waals surface area contributed by atoms with Crippen LogP contribution in [0, 0.1) is 0 Å². The predicted octanol–water partition coefficient (Wildman–Crippen LogP) is 6.08. The van der Waals surface area contributed by atoms with Gasteiger partial charge < -0.3 is 14.6 Å². The highest BCUT2D eigenvalue weighted by molar-refractivity contribution is 6.34. The van der Waals surface area contributed by atoms with Crippen molar-refractivity contribution in [2.75, 3.05) is 23.3 Å². The first kappa shape index (κ1) is 16.8. The number of benzene rings is 1. The molecule has 0 amide bonds. The zero-order valence-corrected chi connectivity index (χ0v) is 14.2. The number of unbranched alkanes of at least 4 members (excludes halogenated alkanes) is 2. The summed E-state index contributed by atoms with van der Waals surface area (Å²) in [5.41, 5.74) is 2.07. The standard InChI is InChI=1S/C18H25ClN2O/c1-3-5-12-21(13-6-4-2)16-10-7-9-15(19)18(16)20-17-11-8-14-22-17/h7-11,14,20H,3-6,12-13H2,1-2H3. The molecule has 1 aromatic heterocycles. The van der Waals surface area contributed by atoms with Crippen molar-refractivity contribution in [1.82, 2.24) is 0 Å². The van der Waals surface area contributed by atoms with Crippen molar-refractivity contribution in [3.8, 4) is 0 Å². The molecule has 0 aliphatic carbocycles. The van der Waals surface area contributed by atoms with E-state index in [1.165, 1.54) is 25.7 Å². The number of anilines is 3. The molecule has 2 aromatic rings. The average Bonchev–Trinajstić information content (AvgIpc) is 3.03. The second kappa shape index (κ2) is 8.74. The number of hydrogen-bond acceptors (Lipinski definition) is 3. The van der Waals surface area contributed by atoms with E-state index in [-0.39, 0.29) is 0 Å². The van der Waals surface area contributed by atoms with Crippen LogP contribution in [-0.4, -0.2) is 13.1 Å². The molecular formula is C18H25ClN2O. The Bertz CT molecular complexity index is 546. The molecule has 0 bridgehead atoms. The first-order chi connectivity index (χ1) is 10.8. The van der Waals surface area contributed by atoms with Gasteiger partial charge in [-0.05, 0) is 31.0 Å². The highest BCUT2D eigenvalue weighted by Gasteiger charge is 2.14. The van der Waals surface area contributed by atoms with E-state index in [9.17, 15) is 0 Å². The predicted molar refractivity (Wildman–Crippen MR) is 95.5 cm³/mol. The van der Waals surface area contributed by atoms with E-state index in [1.807, 2.05) is 24.3 Å². The maximum atomic E-state index is 6.43. The van der Waals surface area contributed by atoms with E-state index in [2.05, 4.69) is 30.1 Å². The van der Waals surface area contributed by atoms with Gasteiger partial charge in [-0.2, -0.15) is 0 Å². The topological polar surface area (TPSA) is 28.4 Å². The number of rotatable bonds is 9. The lowest BCUT2D eigenvalue weighted by Gasteiger charge is -2.27. The van der Waals surface area contributed by atoms with Crippen LogP contribution in [0.25, 0.3) is 0 Å². The monoisotopic (exact) mass is 320 g/mol. The molecule has 0 saturated carbocycles. The molecule has 0 fully saturated rings. The van der Waals surface area contributed by atoms with Crippen molar-refractivity contribution in [2.45, 2.75) is 39.5 Å². The lowest BCUT2D eigenvalue weighted by molar-refractivity contribution is 0.585. The Morgan fingerprint density at radius 3 is 2.36 bits per heavy atom. The third kappa shape index (κ3) is 4.44. The molecule has 0 aliphatic heterocycles. The van der Waals surface area contributed by atoms with Crippen LogP contribution in [0.2, 0.25) is 5.02 Å². The van der Waals surface area contributed by atoms with Crippen LogP contribution < -0.4 is 10.2 Å². The lowest BCUT2D eigenvalue weighted by atomic mass is 10.2. The van der Waals surface area contributed by atoms with Crippen LogP contribution in [0.1, 0.15) is 39.5 Å². The third-order valence-electron chi connectivity index (χ3n) is 3.66. The quantitative estimate of drug-likeness (QED) is 0.606. The van der Waals surface area contributed by atoms with E-state index < -0.39 is 0 Å². The molecule has 1 heterocycles. The number of nitrogens with one attached hydrogen (secondary N) is 1. The van der Waals surface area contributed by atoms with E-state index in [0.717, 1.165) is 24.5 Å². The minimum atomic E-state index is 0.709. The number of hydrogen-bond donors (Lipinski definition) is 1. The minimum absolute atomic E-state index is 0.709. The summed E-state index contributed by atoms with van der Waals surface area (Å²) < 4.78 is 5.40. The normalized spacial score (nSPS) is 10.7. The molecule has 22 heavy (non-hydrogen) atoms. The Balaban J connectivity index is 2.27. The van der Waals surface area contributed by atoms with Gasteiger partial charge in [0, 0.05) is 19.2 Å². The molecule has 2 rings (SSSR count). The maximum Gasteiger partial charge on any atom is 0.197 e. The maximum absolute atomic E-state index is 6.43. The van der Waals surface area contributed by atoms with Crippen LogP contribution >= 0.6 is 11.6 Å². The molecular weight excluding hydrogens is 296 g/mol. The SMILES string of the molecule is CCCCN(CCCC)c1cccc(Cl)c1Nc1ccco1. The number of para-hydroxylation sites is 1. The van der Waals surface area contributed by atoms with Crippen LogP contribution in [0.5, 0.6) is 0 Å². The van der Waals surface area contributed by atoms with Crippen molar-refractivity contribution in [3.05, 3.63) is 41.6 Å². The molecule has 4 heteroatoms. The molecule has 3 nitrogen and oxygen atoms in total. The zero-order valence-electron chi connectivity index (χ0n) is 13.4. The van der Waals surface area contributed by atoms with E-state index in [4.69, 9.17) is 16.0 Å². The third-order valence-corrected chi connectivity index (χ3v) is 3.98. The van der Waals surface area contributed by atoms with Crippen molar-refractivity contribution in [1.29, 1.82) is 0 Å². The Labute approximate surface area is 138 Å².